The van der Waals surface area contributed by atoms with E-state index in [1.807, 2.05) is 0 Å². The minimum Gasteiger partial charge on any atom is -0.547 e. The molecule has 0 aliphatic carbocycles. The number of ether oxygens (including phenoxy) is 2. The largest absolute Gasteiger partial charge is 0.547 e. The maximum absolute atomic E-state index is 13.1. The zero-order valence-electron chi connectivity index (χ0n) is 17.7. The first kappa shape index (κ1) is 25.8. The first-order chi connectivity index (χ1) is 15.8. The van der Waals surface area contributed by atoms with Crippen molar-refractivity contribution < 1.29 is 45.1 Å². The second-order valence-electron chi connectivity index (χ2n) is 7.14. The van der Waals surface area contributed by atoms with Gasteiger partial charge in [0.2, 0.25) is 0 Å². The summed E-state index contributed by atoms with van der Waals surface area (Å²) in [5.41, 5.74) is -5.50. The molecule has 3 aromatic rings. The van der Waals surface area contributed by atoms with Gasteiger partial charge in [0.15, 0.2) is 5.75 Å². The van der Waals surface area contributed by atoms with E-state index in [1.165, 1.54) is 32.2 Å². The Morgan fingerprint density at radius 3 is 2.32 bits per heavy atom. The van der Waals surface area contributed by atoms with Crippen molar-refractivity contribution in [2.45, 2.75) is 25.1 Å². The molecule has 12 heteroatoms. The van der Waals surface area contributed by atoms with Crippen LogP contribution in [-0.2, 0) is 26.3 Å². The van der Waals surface area contributed by atoms with Crippen molar-refractivity contribution in [2.24, 2.45) is 0 Å². The standard InChI is InChI=1S/C22H18BrF3O7S/c1-12-9-14-5-6-15(23)10-17(14)19(33-34(29,30)22(24,25)26)18(12)20(21(27)28)32-11-13-3-7-16(31-2)8-4-13/h3-10,20H,11H2,1-2H3,(H,27,28)/p-1. The molecule has 1 atom stereocenters. The maximum atomic E-state index is 13.1. The molecule has 0 amide bonds. The second kappa shape index (κ2) is 9.80. The van der Waals surface area contributed by atoms with E-state index in [0.29, 0.717) is 21.2 Å². The number of rotatable bonds is 8. The fraction of sp³-hybridized carbons (Fsp3) is 0.227. The number of halogens is 4. The van der Waals surface area contributed by atoms with E-state index in [0.717, 1.165) is 0 Å². The number of carboxylic acids is 1. The Hall–Kier alpha value is -2.83. The summed E-state index contributed by atoms with van der Waals surface area (Å²) in [6.07, 6.45) is -1.94. The van der Waals surface area contributed by atoms with Gasteiger partial charge in [-0.15, -0.1) is 0 Å². The minimum absolute atomic E-state index is 0.0675. The highest BCUT2D eigenvalue weighted by molar-refractivity contribution is 9.10. The van der Waals surface area contributed by atoms with E-state index in [2.05, 4.69) is 20.1 Å². The lowest BCUT2D eigenvalue weighted by Gasteiger charge is -2.25. The van der Waals surface area contributed by atoms with Crippen molar-refractivity contribution in [1.82, 2.24) is 0 Å². The van der Waals surface area contributed by atoms with E-state index in [-0.39, 0.29) is 17.6 Å². The van der Waals surface area contributed by atoms with Crippen LogP contribution in [0.4, 0.5) is 13.2 Å². The number of alkyl halides is 3. The van der Waals surface area contributed by atoms with Gasteiger partial charge >= 0.3 is 15.6 Å². The van der Waals surface area contributed by atoms with Crippen molar-refractivity contribution in [3.05, 3.63) is 69.7 Å². The normalized spacial score (nSPS) is 13.0. The molecule has 0 aliphatic rings. The lowest BCUT2D eigenvalue weighted by molar-refractivity contribution is -0.318. The van der Waals surface area contributed by atoms with E-state index in [4.69, 9.17) is 9.47 Å². The number of fused-ring (bicyclic) bond motifs is 1. The molecule has 182 valence electrons. The number of methoxy groups -OCH3 is 1. The molecule has 0 aromatic heterocycles. The number of carboxylic acid groups (broad SMARTS) is 1. The van der Waals surface area contributed by atoms with Crippen LogP contribution in [0.2, 0.25) is 0 Å². The molecule has 0 saturated heterocycles. The van der Waals surface area contributed by atoms with Gasteiger partial charge in [0.05, 0.1) is 19.7 Å². The van der Waals surface area contributed by atoms with Gasteiger partial charge in [0.25, 0.3) is 0 Å². The minimum atomic E-state index is -6.13. The number of carbonyl (C=O) groups excluding carboxylic acids is 1. The highest BCUT2D eigenvalue weighted by Crippen LogP contribution is 2.41. The molecule has 0 aliphatic heterocycles. The van der Waals surface area contributed by atoms with Gasteiger partial charge in [0.1, 0.15) is 11.9 Å². The van der Waals surface area contributed by atoms with Crippen LogP contribution in [0.25, 0.3) is 10.8 Å². The Balaban J connectivity index is 2.15. The van der Waals surface area contributed by atoms with Gasteiger partial charge in [-0.2, -0.15) is 21.6 Å². The second-order valence-corrected chi connectivity index (χ2v) is 9.60. The molecule has 7 nitrogen and oxygen atoms in total. The van der Waals surface area contributed by atoms with Crippen LogP contribution in [0.5, 0.6) is 11.5 Å². The third kappa shape index (κ3) is 5.45. The zero-order valence-corrected chi connectivity index (χ0v) is 20.1. The van der Waals surface area contributed by atoms with Gasteiger partial charge in [-0.25, -0.2) is 0 Å². The summed E-state index contributed by atoms with van der Waals surface area (Å²) in [5.74, 6) is -2.05. The molecule has 0 N–H and O–H groups in total. The summed E-state index contributed by atoms with van der Waals surface area (Å²) in [6, 6.07) is 12.3. The average molecular weight is 562 g/mol. The van der Waals surface area contributed by atoms with Gasteiger partial charge in [-0.05, 0) is 47.7 Å². The number of hydrogen-bond acceptors (Lipinski definition) is 7. The predicted molar refractivity (Wildman–Crippen MR) is 118 cm³/mol. The van der Waals surface area contributed by atoms with E-state index >= 15 is 0 Å². The first-order valence-corrected chi connectivity index (χ1v) is 11.7. The summed E-state index contributed by atoms with van der Waals surface area (Å²) in [5, 5.41) is 12.3. The quantitative estimate of drug-likeness (QED) is 0.300. The molecule has 0 bridgehead atoms. The van der Waals surface area contributed by atoms with E-state index < -0.39 is 39.0 Å². The fourth-order valence-electron chi connectivity index (χ4n) is 3.23. The number of benzene rings is 3. The number of aliphatic carboxylic acids is 1. The van der Waals surface area contributed by atoms with Gasteiger partial charge in [0, 0.05) is 15.4 Å². The van der Waals surface area contributed by atoms with Crippen molar-refractivity contribution in [3.63, 3.8) is 0 Å². The molecule has 0 heterocycles. The van der Waals surface area contributed by atoms with Gasteiger partial charge in [-0.1, -0.05) is 40.2 Å². The first-order valence-electron chi connectivity index (χ1n) is 9.53. The van der Waals surface area contributed by atoms with Gasteiger partial charge in [-0.3, -0.25) is 0 Å². The van der Waals surface area contributed by atoms with Crippen LogP contribution in [0, 0.1) is 6.92 Å². The third-order valence-electron chi connectivity index (χ3n) is 4.83. The summed E-state index contributed by atoms with van der Waals surface area (Å²) >= 11 is 3.17. The highest BCUT2D eigenvalue weighted by atomic mass is 79.9. The van der Waals surface area contributed by atoms with Crippen molar-refractivity contribution in [1.29, 1.82) is 0 Å². The van der Waals surface area contributed by atoms with Crippen LogP contribution < -0.4 is 14.0 Å². The SMILES string of the molecule is COc1ccc(COC(C(=O)[O-])c2c(C)cc3ccc(Br)cc3c2OS(=O)(=O)C(F)(F)F)cc1. The summed E-state index contributed by atoms with van der Waals surface area (Å²) < 4.78 is 78.5. The van der Waals surface area contributed by atoms with Crippen molar-refractivity contribution in [2.75, 3.05) is 7.11 Å². The Morgan fingerprint density at radius 2 is 1.76 bits per heavy atom. The van der Waals surface area contributed by atoms with Crippen LogP contribution in [-0.4, -0.2) is 27.0 Å². The van der Waals surface area contributed by atoms with E-state index in [9.17, 15) is 31.5 Å². The molecule has 0 fully saturated rings. The molecule has 0 saturated carbocycles. The van der Waals surface area contributed by atoms with E-state index in [1.54, 1.807) is 30.3 Å². The molecule has 3 aromatic carbocycles. The third-order valence-corrected chi connectivity index (χ3v) is 6.28. The predicted octanol–water partition coefficient (Wildman–Crippen LogP) is 4.16. The average Bonchev–Trinajstić information content (AvgIpc) is 2.75. The molecule has 0 radical (unpaired) electrons. The summed E-state index contributed by atoms with van der Waals surface area (Å²) in [7, 11) is -4.66. The number of hydrogen-bond donors (Lipinski definition) is 0. The summed E-state index contributed by atoms with van der Waals surface area (Å²) in [4.78, 5) is 12.0. The molecule has 3 rings (SSSR count). The molecule has 0 spiro atoms. The smallest absolute Gasteiger partial charge is 0.534 e. The highest BCUT2D eigenvalue weighted by Gasteiger charge is 2.49. The van der Waals surface area contributed by atoms with Crippen LogP contribution in [0.15, 0.2) is 53.0 Å². The Kier molecular flexibility index (Phi) is 7.44. The fourth-order valence-corrected chi connectivity index (χ4v) is 4.08. The Bertz CT molecular complexity index is 1320. The maximum Gasteiger partial charge on any atom is 0.534 e. The molecule has 34 heavy (non-hydrogen) atoms. The molecular formula is C22H17BrF3O7S-. The Labute approximate surface area is 201 Å². The van der Waals surface area contributed by atoms with Crippen molar-refractivity contribution >= 4 is 42.8 Å². The summed E-state index contributed by atoms with van der Waals surface area (Å²) in [6.45, 7) is 1.13. The zero-order chi connectivity index (χ0) is 25.3. The monoisotopic (exact) mass is 561 g/mol. The van der Waals surface area contributed by atoms with Crippen molar-refractivity contribution in [3.8, 4) is 11.5 Å². The lowest BCUT2D eigenvalue weighted by atomic mass is 9.96. The van der Waals surface area contributed by atoms with Gasteiger partial charge < -0.3 is 23.6 Å². The Morgan fingerprint density at radius 1 is 1.12 bits per heavy atom. The van der Waals surface area contributed by atoms with Crippen LogP contribution in [0.3, 0.4) is 0 Å². The number of aryl methyl sites for hydroxylation is 1. The molecular weight excluding hydrogens is 545 g/mol. The number of carbonyl (C=O) groups is 1. The topological polar surface area (TPSA) is 102 Å². The molecule has 1 unspecified atom stereocenters. The lowest BCUT2D eigenvalue weighted by Crippen LogP contribution is -2.33. The van der Waals surface area contributed by atoms with Crippen LogP contribution in [0.1, 0.15) is 22.8 Å². The van der Waals surface area contributed by atoms with Crippen LogP contribution >= 0.6 is 15.9 Å².